The summed E-state index contributed by atoms with van der Waals surface area (Å²) in [4.78, 5) is 5.38. The Bertz CT molecular complexity index is 556. The number of nitrogens with one attached hydrogen (secondary N) is 1. The second-order valence-corrected chi connectivity index (χ2v) is 5.29. The van der Waals surface area contributed by atoms with Crippen LogP contribution >= 0.6 is 11.3 Å². The monoisotopic (exact) mass is 280 g/mol. The molecule has 3 nitrogen and oxygen atoms in total. The number of benzene rings is 1. The summed E-state index contributed by atoms with van der Waals surface area (Å²) in [6, 6.07) is 4.87. The maximum Gasteiger partial charge on any atom is 0.131 e. The third kappa shape index (κ3) is 3.30. The Labute approximate surface area is 116 Å². The third-order valence-electron chi connectivity index (χ3n) is 3.09. The van der Waals surface area contributed by atoms with Crippen molar-refractivity contribution in [1.82, 2.24) is 10.3 Å². The molecule has 0 bridgehead atoms. The van der Waals surface area contributed by atoms with E-state index in [1.54, 1.807) is 23.5 Å². The van der Waals surface area contributed by atoms with Crippen molar-refractivity contribution in [2.45, 2.75) is 26.4 Å². The highest BCUT2D eigenvalue weighted by Gasteiger charge is 2.12. The van der Waals surface area contributed by atoms with Crippen molar-refractivity contribution in [3.8, 4) is 5.75 Å². The number of ether oxygens (including phenoxy) is 1. The van der Waals surface area contributed by atoms with E-state index in [4.69, 9.17) is 4.74 Å². The van der Waals surface area contributed by atoms with E-state index in [-0.39, 0.29) is 11.9 Å². The molecular formula is C14H17FN2OS. The summed E-state index contributed by atoms with van der Waals surface area (Å²) < 4.78 is 18.9. The van der Waals surface area contributed by atoms with Gasteiger partial charge in [0.25, 0.3) is 0 Å². The molecule has 0 aliphatic heterocycles. The van der Waals surface area contributed by atoms with Crippen molar-refractivity contribution in [3.05, 3.63) is 45.7 Å². The smallest absolute Gasteiger partial charge is 0.131 e. The largest absolute Gasteiger partial charge is 0.497 e. The number of rotatable bonds is 5. The van der Waals surface area contributed by atoms with Crippen LogP contribution in [0, 0.1) is 12.7 Å². The molecule has 19 heavy (non-hydrogen) atoms. The lowest BCUT2D eigenvalue weighted by atomic mass is 10.1. The van der Waals surface area contributed by atoms with E-state index in [0.29, 0.717) is 17.9 Å². The molecule has 0 aliphatic carbocycles. The number of halogens is 1. The molecule has 1 heterocycles. The van der Waals surface area contributed by atoms with Crippen LogP contribution in [0.25, 0.3) is 0 Å². The summed E-state index contributed by atoms with van der Waals surface area (Å²) in [5.74, 6) is 0.284. The SMILES string of the molecule is COc1ccc(C(C)NCc2scnc2C)c(F)c1. The highest BCUT2D eigenvalue weighted by atomic mass is 32.1. The van der Waals surface area contributed by atoms with Crippen LogP contribution in [0.4, 0.5) is 4.39 Å². The lowest BCUT2D eigenvalue weighted by Crippen LogP contribution is -2.19. The van der Waals surface area contributed by atoms with Gasteiger partial charge in [0.1, 0.15) is 11.6 Å². The molecule has 102 valence electrons. The zero-order chi connectivity index (χ0) is 13.8. The molecule has 0 radical (unpaired) electrons. The van der Waals surface area contributed by atoms with Gasteiger partial charge < -0.3 is 10.1 Å². The van der Waals surface area contributed by atoms with Gasteiger partial charge in [-0.3, -0.25) is 0 Å². The fourth-order valence-electron chi connectivity index (χ4n) is 1.84. The second kappa shape index (κ2) is 6.12. The van der Waals surface area contributed by atoms with Crippen LogP contribution < -0.4 is 10.1 Å². The number of hydrogen-bond donors (Lipinski definition) is 1. The van der Waals surface area contributed by atoms with Crippen LogP contribution in [0.15, 0.2) is 23.7 Å². The Morgan fingerprint density at radius 2 is 2.26 bits per heavy atom. The molecule has 1 unspecified atom stereocenters. The van der Waals surface area contributed by atoms with Gasteiger partial charge in [0.05, 0.1) is 18.3 Å². The fraction of sp³-hybridized carbons (Fsp3) is 0.357. The fourth-order valence-corrected chi connectivity index (χ4v) is 2.57. The lowest BCUT2D eigenvalue weighted by Gasteiger charge is -2.15. The zero-order valence-corrected chi connectivity index (χ0v) is 12.1. The minimum absolute atomic E-state index is 0.0626. The first-order valence-corrected chi connectivity index (χ1v) is 6.95. The van der Waals surface area contributed by atoms with Crippen LogP contribution in [0.3, 0.4) is 0 Å². The molecule has 1 aromatic heterocycles. The molecule has 0 spiro atoms. The lowest BCUT2D eigenvalue weighted by molar-refractivity contribution is 0.409. The molecule has 0 saturated heterocycles. The molecule has 2 rings (SSSR count). The Balaban J connectivity index is 2.03. The number of thiazole rings is 1. The topological polar surface area (TPSA) is 34.1 Å². The zero-order valence-electron chi connectivity index (χ0n) is 11.2. The molecule has 0 aliphatic rings. The number of methoxy groups -OCH3 is 1. The number of hydrogen-bond acceptors (Lipinski definition) is 4. The quantitative estimate of drug-likeness (QED) is 0.911. The molecule has 1 aromatic carbocycles. The van der Waals surface area contributed by atoms with Gasteiger partial charge >= 0.3 is 0 Å². The number of nitrogens with zero attached hydrogens (tertiary/aromatic N) is 1. The van der Waals surface area contributed by atoms with Gasteiger partial charge in [-0.05, 0) is 19.9 Å². The maximum absolute atomic E-state index is 13.9. The minimum Gasteiger partial charge on any atom is -0.497 e. The molecule has 1 atom stereocenters. The van der Waals surface area contributed by atoms with E-state index < -0.39 is 0 Å². The average molecular weight is 280 g/mol. The minimum atomic E-state index is -0.250. The standard InChI is InChI=1S/C14H17FN2OS/c1-9(16-7-14-10(2)17-8-19-14)12-5-4-11(18-3)6-13(12)15/h4-6,8-9,16H,7H2,1-3H3. The van der Waals surface area contributed by atoms with Crippen molar-refractivity contribution < 1.29 is 9.13 Å². The molecule has 5 heteroatoms. The first-order valence-electron chi connectivity index (χ1n) is 6.07. The van der Waals surface area contributed by atoms with Crippen LogP contribution in [-0.2, 0) is 6.54 Å². The van der Waals surface area contributed by atoms with Gasteiger partial charge in [-0.15, -0.1) is 11.3 Å². The highest BCUT2D eigenvalue weighted by molar-refractivity contribution is 7.09. The van der Waals surface area contributed by atoms with Crippen molar-refractivity contribution in [2.24, 2.45) is 0 Å². The molecular weight excluding hydrogens is 263 g/mol. The normalized spacial score (nSPS) is 12.4. The summed E-state index contributed by atoms with van der Waals surface area (Å²) in [6.07, 6.45) is 0. The summed E-state index contributed by atoms with van der Waals surface area (Å²) >= 11 is 1.61. The number of aromatic nitrogens is 1. The van der Waals surface area contributed by atoms with Gasteiger partial charge in [-0.1, -0.05) is 6.07 Å². The van der Waals surface area contributed by atoms with Crippen molar-refractivity contribution in [1.29, 1.82) is 0 Å². The molecule has 1 N–H and O–H groups in total. The second-order valence-electron chi connectivity index (χ2n) is 4.35. The summed E-state index contributed by atoms with van der Waals surface area (Å²) in [7, 11) is 1.53. The molecule has 2 aromatic rings. The Kier molecular flexibility index (Phi) is 4.50. The van der Waals surface area contributed by atoms with Crippen LogP contribution in [0.1, 0.15) is 29.1 Å². The highest BCUT2D eigenvalue weighted by Crippen LogP contribution is 2.22. The Hall–Kier alpha value is -1.46. The van der Waals surface area contributed by atoms with Gasteiger partial charge in [-0.25, -0.2) is 9.37 Å². The molecule has 0 amide bonds. The van der Waals surface area contributed by atoms with E-state index in [1.807, 2.05) is 19.4 Å². The van der Waals surface area contributed by atoms with Gasteiger partial charge in [-0.2, -0.15) is 0 Å². The van der Waals surface area contributed by atoms with Gasteiger partial charge in [0.15, 0.2) is 0 Å². The van der Waals surface area contributed by atoms with E-state index >= 15 is 0 Å². The van der Waals surface area contributed by atoms with E-state index in [2.05, 4.69) is 10.3 Å². The predicted molar refractivity (Wildman–Crippen MR) is 75.1 cm³/mol. The predicted octanol–water partition coefficient (Wildman–Crippen LogP) is 3.45. The summed E-state index contributed by atoms with van der Waals surface area (Å²) in [6.45, 7) is 4.62. The van der Waals surface area contributed by atoms with E-state index in [0.717, 1.165) is 5.69 Å². The van der Waals surface area contributed by atoms with Crippen LogP contribution in [0.2, 0.25) is 0 Å². The Morgan fingerprint density at radius 3 is 2.84 bits per heavy atom. The molecule has 0 saturated carbocycles. The van der Waals surface area contributed by atoms with E-state index in [1.165, 1.54) is 18.1 Å². The maximum atomic E-state index is 13.9. The summed E-state index contributed by atoms with van der Waals surface area (Å²) in [5, 5.41) is 3.31. The third-order valence-corrected chi connectivity index (χ3v) is 4.02. The van der Waals surface area contributed by atoms with E-state index in [9.17, 15) is 4.39 Å². The Morgan fingerprint density at radius 1 is 1.47 bits per heavy atom. The average Bonchev–Trinajstić information content (AvgIpc) is 2.81. The van der Waals surface area contributed by atoms with Crippen molar-refractivity contribution >= 4 is 11.3 Å². The van der Waals surface area contributed by atoms with Crippen LogP contribution in [-0.4, -0.2) is 12.1 Å². The summed E-state index contributed by atoms with van der Waals surface area (Å²) in [5.41, 5.74) is 3.49. The van der Waals surface area contributed by atoms with Crippen molar-refractivity contribution in [2.75, 3.05) is 7.11 Å². The van der Waals surface area contributed by atoms with Gasteiger partial charge in [0, 0.05) is 29.1 Å². The first-order chi connectivity index (χ1) is 9.11. The number of aryl methyl sites for hydroxylation is 1. The first kappa shape index (κ1) is 14.0. The van der Waals surface area contributed by atoms with Crippen molar-refractivity contribution in [3.63, 3.8) is 0 Å². The van der Waals surface area contributed by atoms with Crippen LogP contribution in [0.5, 0.6) is 5.75 Å². The van der Waals surface area contributed by atoms with Gasteiger partial charge in [0.2, 0.25) is 0 Å². The molecule has 0 fully saturated rings.